The van der Waals surface area contributed by atoms with Crippen LogP contribution >= 0.6 is 0 Å². The molecule has 3 amide bonds. The topological polar surface area (TPSA) is 64.7 Å². The van der Waals surface area contributed by atoms with Gasteiger partial charge in [0, 0.05) is 56.9 Å². The minimum atomic E-state index is -0.325. The summed E-state index contributed by atoms with van der Waals surface area (Å²) in [5.74, 6) is -0.175. The first-order valence-corrected chi connectivity index (χ1v) is 9.45. The van der Waals surface area contributed by atoms with Crippen LogP contribution in [0.1, 0.15) is 12.0 Å². The van der Waals surface area contributed by atoms with E-state index in [4.69, 9.17) is 0 Å². The lowest BCUT2D eigenvalue weighted by Gasteiger charge is -2.34. The molecular weight excluding hydrogens is 359 g/mol. The number of benzene rings is 2. The second-order valence-corrected chi connectivity index (χ2v) is 6.75. The molecule has 1 aliphatic heterocycles. The fourth-order valence-corrected chi connectivity index (χ4v) is 3.16. The lowest BCUT2D eigenvalue weighted by atomic mass is 10.2. The molecule has 1 aliphatic rings. The molecule has 2 N–H and O–H groups in total. The summed E-state index contributed by atoms with van der Waals surface area (Å²) in [6.45, 7) is 3.49. The molecule has 0 aliphatic carbocycles. The Kier molecular flexibility index (Phi) is 6.97. The van der Waals surface area contributed by atoms with Crippen molar-refractivity contribution < 1.29 is 14.0 Å². The van der Waals surface area contributed by atoms with E-state index in [-0.39, 0.29) is 30.7 Å². The normalized spacial score (nSPS) is 14.5. The molecule has 0 bridgehead atoms. The van der Waals surface area contributed by atoms with E-state index in [1.165, 1.54) is 6.07 Å². The number of carbonyl (C=O) groups is 2. The zero-order valence-corrected chi connectivity index (χ0v) is 15.7. The van der Waals surface area contributed by atoms with Crippen molar-refractivity contribution in [2.45, 2.75) is 13.0 Å². The van der Waals surface area contributed by atoms with E-state index in [1.807, 2.05) is 24.3 Å². The molecule has 2 aromatic rings. The molecule has 0 saturated carbocycles. The average molecular weight is 384 g/mol. The molecule has 1 saturated heterocycles. The van der Waals surface area contributed by atoms with Gasteiger partial charge in [-0.1, -0.05) is 36.4 Å². The number of anilines is 1. The van der Waals surface area contributed by atoms with Crippen molar-refractivity contribution >= 4 is 17.6 Å². The van der Waals surface area contributed by atoms with Crippen molar-refractivity contribution in [3.8, 4) is 0 Å². The van der Waals surface area contributed by atoms with Gasteiger partial charge in [0.15, 0.2) is 0 Å². The van der Waals surface area contributed by atoms with Gasteiger partial charge in [0.2, 0.25) is 5.91 Å². The lowest BCUT2D eigenvalue weighted by molar-refractivity contribution is -0.132. The Hall–Kier alpha value is -2.93. The second-order valence-electron chi connectivity index (χ2n) is 6.75. The molecule has 2 aromatic carbocycles. The van der Waals surface area contributed by atoms with Crippen LogP contribution < -0.4 is 10.6 Å². The Morgan fingerprint density at radius 3 is 2.32 bits per heavy atom. The summed E-state index contributed by atoms with van der Waals surface area (Å²) in [6, 6.07) is 15.6. The molecule has 1 heterocycles. The van der Waals surface area contributed by atoms with Crippen molar-refractivity contribution in [3.63, 3.8) is 0 Å². The van der Waals surface area contributed by atoms with Gasteiger partial charge in [-0.25, -0.2) is 9.18 Å². The summed E-state index contributed by atoms with van der Waals surface area (Å²) in [6.07, 6.45) is 0.259. The standard InChI is InChI=1S/C21H25FN4O2/c22-19-9-5-4-6-17(19)16-25-12-14-26(15-13-25)20(27)10-11-23-21(28)24-18-7-2-1-3-8-18/h1-9H,10-16H2,(H2,23,24,28). The van der Waals surface area contributed by atoms with Gasteiger partial charge in [-0.2, -0.15) is 0 Å². The van der Waals surface area contributed by atoms with Gasteiger partial charge in [-0.05, 0) is 18.2 Å². The SMILES string of the molecule is O=C(NCCC(=O)N1CCN(Cc2ccccc2F)CC1)Nc1ccccc1. The highest BCUT2D eigenvalue weighted by Gasteiger charge is 2.21. The number of nitrogens with zero attached hydrogens (tertiary/aromatic N) is 2. The number of halogens is 1. The van der Waals surface area contributed by atoms with E-state index < -0.39 is 0 Å². The van der Waals surface area contributed by atoms with Crippen LogP contribution in [-0.2, 0) is 11.3 Å². The molecule has 0 aromatic heterocycles. The maximum Gasteiger partial charge on any atom is 0.319 e. The molecule has 148 valence electrons. The van der Waals surface area contributed by atoms with Crippen molar-refractivity contribution in [3.05, 3.63) is 66.0 Å². The van der Waals surface area contributed by atoms with E-state index in [9.17, 15) is 14.0 Å². The summed E-state index contributed by atoms with van der Waals surface area (Å²) in [5.41, 5.74) is 1.38. The smallest absolute Gasteiger partial charge is 0.319 e. The number of carbonyl (C=O) groups excluding carboxylic acids is 2. The van der Waals surface area contributed by atoms with Gasteiger partial charge >= 0.3 is 6.03 Å². The number of rotatable bonds is 6. The number of para-hydroxylation sites is 1. The molecule has 3 rings (SSSR count). The lowest BCUT2D eigenvalue weighted by Crippen LogP contribution is -2.48. The van der Waals surface area contributed by atoms with Crippen LogP contribution in [0, 0.1) is 5.82 Å². The van der Waals surface area contributed by atoms with E-state index in [1.54, 1.807) is 29.2 Å². The molecule has 6 nitrogen and oxygen atoms in total. The van der Waals surface area contributed by atoms with E-state index in [2.05, 4.69) is 15.5 Å². The zero-order chi connectivity index (χ0) is 19.8. The second kappa shape index (κ2) is 9.85. The van der Waals surface area contributed by atoms with Gasteiger partial charge < -0.3 is 15.5 Å². The van der Waals surface area contributed by atoms with Crippen LogP contribution in [0.15, 0.2) is 54.6 Å². The highest BCUT2D eigenvalue weighted by Crippen LogP contribution is 2.12. The van der Waals surface area contributed by atoms with Crippen LogP contribution in [0.2, 0.25) is 0 Å². The Bertz CT molecular complexity index is 792. The molecule has 0 radical (unpaired) electrons. The van der Waals surface area contributed by atoms with Crippen molar-refractivity contribution in [1.29, 1.82) is 0 Å². The van der Waals surface area contributed by atoms with E-state index in [0.717, 1.165) is 0 Å². The Labute approximate surface area is 164 Å². The van der Waals surface area contributed by atoms with Gasteiger partial charge in [-0.15, -0.1) is 0 Å². The first-order chi connectivity index (χ1) is 13.6. The summed E-state index contributed by atoms with van der Waals surface area (Å²) < 4.78 is 13.8. The predicted octanol–water partition coefficient (Wildman–Crippen LogP) is 2.68. The molecular formula is C21H25FN4O2. The molecule has 0 spiro atoms. The number of amides is 3. The molecule has 0 unspecified atom stereocenters. The third-order valence-corrected chi connectivity index (χ3v) is 4.73. The first-order valence-electron chi connectivity index (χ1n) is 9.45. The largest absolute Gasteiger partial charge is 0.340 e. The monoisotopic (exact) mass is 384 g/mol. The van der Waals surface area contributed by atoms with E-state index >= 15 is 0 Å². The number of hydrogen-bond acceptors (Lipinski definition) is 3. The minimum Gasteiger partial charge on any atom is -0.340 e. The molecule has 1 fully saturated rings. The maximum atomic E-state index is 13.8. The summed E-state index contributed by atoms with van der Waals surface area (Å²) in [5, 5.41) is 5.42. The summed E-state index contributed by atoms with van der Waals surface area (Å²) in [4.78, 5) is 28.1. The highest BCUT2D eigenvalue weighted by atomic mass is 19.1. The number of nitrogens with one attached hydrogen (secondary N) is 2. The number of piperazine rings is 1. The average Bonchev–Trinajstić information content (AvgIpc) is 2.71. The van der Waals surface area contributed by atoms with Crippen LogP contribution in [-0.4, -0.2) is 54.5 Å². The fraction of sp³-hybridized carbons (Fsp3) is 0.333. The number of hydrogen-bond donors (Lipinski definition) is 2. The van der Waals surface area contributed by atoms with Gasteiger partial charge in [0.05, 0.1) is 0 Å². The maximum absolute atomic E-state index is 13.8. The van der Waals surface area contributed by atoms with Crippen molar-refractivity contribution in [1.82, 2.24) is 15.1 Å². The Morgan fingerprint density at radius 1 is 0.929 bits per heavy atom. The fourth-order valence-electron chi connectivity index (χ4n) is 3.16. The van der Waals surface area contributed by atoms with Gasteiger partial charge in [0.1, 0.15) is 5.82 Å². The third kappa shape index (κ3) is 5.79. The van der Waals surface area contributed by atoms with Crippen LogP contribution in [0.3, 0.4) is 0 Å². The summed E-state index contributed by atoms with van der Waals surface area (Å²) >= 11 is 0. The van der Waals surface area contributed by atoms with E-state index in [0.29, 0.717) is 44.0 Å². The van der Waals surface area contributed by atoms with Gasteiger partial charge in [0.25, 0.3) is 0 Å². The quantitative estimate of drug-likeness (QED) is 0.805. The highest BCUT2D eigenvalue weighted by molar-refractivity contribution is 5.89. The summed E-state index contributed by atoms with van der Waals surface area (Å²) in [7, 11) is 0. The Balaban J connectivity index is 1.35. The van der Waals surface area contributed by atoms with Crippen LogP contribution in [0.25, 0.3) is 0 Å². The third-order valence-electron chi connectivity index (χ3n) is 4.73. The van der Waals surface area contributed by atoms with Crippen LogP contribution in [0.5, 0.6) is 0 Å². The van der Waals surface area contributed by atoms with Crippen LogP contribution in [0.4, 0.5) is 14.9 Å². The molecule has 7 heteroatoms. The van der Waals surface area contributed by atoms with Crippen molar-refractivity contribution in [2.24, 2.45) is 0 Å². The number of urea groups is 1. The van der Waals surface area contributed by atoms with Gasteiger partial charge in [-0.3, -0.25) is 9.69 Å². The zero-order valence-electron chi connectivity index (χ0n) is 15.7. The first kappa shape index (κ1) is 19.8. The van der Waals surface area contributed by atoms with Crippen molar-refractivity contribution in [2.75, 3.05) is 38.0 Å². The Morgan fingerprint density at radius 2 is 1.61 bits per heavy atom. The molecule has 28 heavy (non-hydrogen) atoms. The predicted molar refractivity (Wildman–Crippen MR) is 106 cm³/mol. The molecule has 0 atom stereocenters. The minimum absolute atomic E-state index is 0.0190.